The molecule has 0 spiro atoms. The molecular formula is C2H5NO. The number of carbonyl (C=O) groups is 1. The number of hydrogen-bond donors (Lipinski definition) is 1. The van der Waals surface area contributed by atoms with Crippen molar-refractivity contribution >= 4 is 5.91 Å². The highest BCUT2D eigenvalue weighted by molar-refractivity contribution is 5.70. The van der Waals surface area contributed by atoms with E-state index in [1.807, 2.05) is 0 Å². The molecule has 0 aliphatic heterocycles. The molecule has 0 heterocycles. The van der Waals surface area contributed by atoms with E-state index in [0.717, 1.165) is 0 Å². The van der Waals surface area contributed by atoms with Gasteiger partial charge in [-0.1, -0.05) is 0 Å². The van der Waals surface area contributed by atoms with Crippen LogP contribution in [0.3, 0.4) is 0 Å². The molecule has 24 valence electrons. The van der Waals surface area contributed by atoms with E-state index in [-0.39, 0.29) is 0 Å². The fraction of sp³-hybridized carbons (Fsp3) is 0.500. The van der Waals surface area contributed by atoms with Gasteiger partial charge < -0.3 is 5.72 Å². The van der Waals surface area contributed by atoms with Crippen molar-refractivity contribution in [2.45, 2.75) is 6.85 Å². The van der Waals surface area contributed by atoms with Crippen molar-refractivity contribution in [3.05, 3.63) is 0 Å². The first-order valence-corrected chi connectivity index (χ1v) is 0.678. The van der Waals surface area contributed by atoms with Crippen LogP contribution in [0, 0.1) is 0 Å². The van der Waals surface area contributed by atoms with Crippen LogP contribution in [0.4, 0.5) is 0 Å². The van der Waals surface area contributed by atoms with Gasteiger partial charge in [-0.3, -0.25) is 4.79 Å². The van der Waals surface area contributed by atoms with Crippen LogP contribution in [0.15, 0.2) is 0 Å². The van der Waals surface area contributed by atoms with E-state index in [9.17, 15) is 4.79 Å². The molecule has 0 saturated heterocycles. The van der Waals surface area contributed by atoms with Crippen LogP contribution in [-0.2, 0) is 4.79 Å². The average Bonchev–Trinajstić information content (AvgIpc) is 1.62. The van der Waals surface area contributed by atoms with Crippen LogP contribution >= 0.6 is 0 Å². The van der Waals surface area contributed by atoms with Gasteiger partial charge in [0.2, 0.25) is 5.91 Å². The molecule has 0 fully saturated rings. The Bertz CT molecular complexity index is 117. The summed E-state index contributed by atoms with van der Waals surface area (Å²) < 4.78 is 31.6. The van der Waals surface area contributed by atoms with E-state index < -0.39 is 18.5 Å². The number of hydrogen-bond acceptors (Lipinski definition) is 1. The first-order chi connectivity index (χ1) is 3.85. The molecule has 2 heteroatoms. The normalized spacial score (nSPS) is 26.5. The lowest BCUT2D eigenvalue weighted by atomic mass is 10.8. The number of primary amides is 1. The third-order valence-corrected chi connectivity index (χ3v) is 0. The van der Waals surface area contributed by atoms with Crippen molar-refractivity contribution < 1.29 is 11.7 Å². The van der Waals surface area contributed by atoms with Crippen LogP contribution in [0.2, 0.25) is 2.82 Å². The Kier molecular flexibility index (Phi) is 0.0830. The molecule has 0 atom stereocenters. The topological polar surface area (TPSA) is 43.1 Å². The van der Waals surface area contributed by atoms with Crippen molar-refractivity contribution in [3.8, 4) is 0 Å². The van der Waals surface area contributed by atoms with Gasteiger partial charge >= 0.3 is 0 Å². The Labute approximate surface area is 31.7 Å². The van der Waals surface area contributed by atoms with Crippen molar-refractivity contribution in [2.24, 2.45) is 5.72 Å². The lowest BCUT2D eigenvalue weighted by Gasteiger charge is -1.60. The van der Waals surface area contributed by atoms with E-state index >= 15 is 0 Å². The maximum Gasteiger partial charge on any atom is 0.214 e. The predicted octanol–water partition coefficient (Wildman–Crippen LogP) is -0.508. The molecule has 2 N–H and O–H groups in total. The highest BCUT2D eigenvalue weighted by Gasteiger charge is 1.61. The molecule has 0 unspecified atom stereocenters. The summed E-state index contributed by atoms with van der Waals surface area (Å²) in [5.41, 5.74) is -0.451. The minimum absolute atomic E-state index is 0.451. The first kappa shape index (κ1) is 0.379. The van der Waals surface area contributed by atoms with E-state index in [1.165, 1.54) is 0 Å². The third kappa shape index (κ3) is 1.16. The van der Waals surface area contributed by atoms with Crippen LogP contribution in [0.1, 0.15) is 11.0 Å². The van der Waals surface area contributed by atoms with E-state index in [0.29, 0.717) is 0 Å². The van der Waals surface area contributed by atoms with Gasteiger partial charge in [-0.25, -0.2) is 0 Å². The Morgan fingerprint density at radius 3 is 3.50 bits per heavy atom. The summed E-state index contributed by atoms with van der Waals surface area (Å²) in [6.07, 6.45) is 0. The fourth-order valence-corrected chi connectivity index (χ4v) is 0. The van der Waals surface area contributed by atoms with Gasteiger partial charge in [-0.05, 0) is 0 Å². The Morgan fingerprint density at radius 1 is 2.75 bits per heavy atom. The number of rotatable bonds is 0. The minimum Gasteiger partial charge on any atom is -0.370 e. The van der Waals surface area contributed by atoms with E-state index in [2.05, 4.69) is 0 Å². The molecule has 0 aromatic rings. The standard InChI is InChI=1S/C2H5NO/c1-2(3)4/h1H3,(H2,3,4)/i1D3/hD2. The van der Waals surface area contributed by atoms with Gasteiger partial charge in [0.1, 0.15) is 0 Å². The van der Waals surface area contributed by atoms with Crippen LogP contribution in [0.5, 0.6) is 0 Å². The molecule has 0 aliphatic rings. The van der Waals surface area contributed by atoms with Crippen LogP contribution in [-0.4, -0.2) is 5.91 Å². The summed E-state index contributed by atoms with van der Waals surface area (Å²) in [5, 5.41) is 0. The highest BCUT2D eigenvalue weighted by Crippen LogP contribution is 1.33. The lowest BCUT2D eigenvalue weighted by Crippen LogP contribution is -2.01. The maximum absolute atomic E-state index is 10.2. The smallest absolute Gasteiger partial charge is 0.214 e. The van der Waals surface area contributed by atoms with Gasteiger partial charge in [0.15, 0.2) is 2.82 Å². The Balaban J connectivity index is 4.06. The van der Waals surface area contributed by atoms with Crippen LogP contribution < -0.4 is 5.72 Å². The fourth-order valence-electron chi connectivity index (χ4n) is 0. The second kappa shape index (κ2) is 0.875. The molecule has 0 radical (unpaired) electrons. The Morgan fingerprint density at radius 2 is 3.50 bits per heavy atom. The van der Waals surface area contributed by atoms with Crippen molar-refractivity contribution in [1.29, 1.82) is 0 Å². The van der Waals surface area contributed by atoms with Gasteiger partial charge in [-0.15, -0.1) is 0 Å². The molecule has 0 aromatic carbocycles. The molecule has 0 bridgehead atoms. The van der Waals surface area contributed by atoms with Crippen molar-refractivity contribution in [2.75, 3.05) is 0 Å². The van der Waals surface area contributed by atoms with Gasteiger partial charge in [0.05, 0.1) is 0 Å². The molecule has 0 saturated carbocycles. The average molecular weight is 64.1 g/mol. The molecule has 2 nitrogen and oxygen atoms in total. The summed E-state index contributed by atoms with van der Waals surface area (Å²) in [7, 11) is 0. The van der Waals surface area contributed by atoms with Gasteiger partial charge in [0, 0.05) is 11.0 Å². The quantitative estimate of drug-likeness (QED) is 0.405. The molecule has 4 heavy (non-hydrogen) atoms. The monoisotopic (exact) mass is 64.1 g/mol. The molecule has 0 aromatic heterocycles. The molecule has 1 amide bonds. The zero-order valence-corrected chi connectivity index (χ0v) is 1.86. The zero-order valence-electron chi connectivity index (χ0n) is 6.86. The largest absolute Gasteiger partial charge is 0.370 e. The van der Waals surface area contributed by atoms with Gasteiger partial charge in [0.25, 0.3) is 0 Å². The second-order valence-corrected chi connectivity index (χ2v) is 0.305. The minimum atomic E-state index is -2.86. The van der Waals surface area contributed by atoms with E-state index in [1.54, 1.807) is 0 Å². The predicted molar refractivity (Wildman–Crippen MR) is 14.9 cm³/mol. The zero-order chi connectivity index (χ0) is 7.65. The molecule has 0 rings (SSSR count). The number of nitrogens with two attached hydrogens (primary N) is 1. The van der Waals surface area contributed by atoms with Crippen molar-refractivity contribution in [3.63, 3.8) is 0 Å². The summed E-state index contributed by atoms with van der Waals surface area (Å²) in [5.74, 6) is -1.50. The highest BCUT2D eigenvalue weighted by atomic mass is 16.1. The number of carbonyl (C=O) groups excluding carboxylic acids is 1. The number of amides is 1. The Hall–Kier alpha value is -0.530. The molecule has 0 aliphatic carbocycles. The summed E-state index contributed by atoms with van der Waals surface area (Å²) in [6, 6.07) is 0. The maximum atomic E-state index is 10.2. The second-order valence-electron chi connectivity index (χ2n) is 0.305. The van der Waals surface area contributed by atoms with Gasteiger partial charge in [-0.2, -0.15) is 0 Å². The summed E-state index contributed by atoms with van der Waals surface area (Å²) >= 11 is 0. The van der Waals surface area contributed by atoms with Crippen molar-refractivity contribution in [1.82, 2.24) is 0 Å². The van der Waals surface area contributed by atoms with Crippen LogP contribution in [0.25, 0.3) is 0 Å². The first-order valence-electron chi connectivity index (χ1n) is 3.07. The lowest BCUT2D eigenvalue weighted by molar-refractivity contribution is -0.115. The third-order valence-electron chi connectivity index (χ3n) is 0. The van der Waals surface area contributed by atoms with E-state index in [4.69, 9.17) is 6.94 Å². The summed E-state index contributed by atoms with van der Waals surface area (Å²) in [4.78, 5) is 10.2. The SMILES string of the molecule is [2H]N([2H])C(=O)C([2H])([2H])[2H]. The molecular weight excluding hydrogens is 54.0 g/mol. The summed E-state index contributed by atoms with van der Waals surface area (Å²) in [6.45, 7) is -2.86.